The van der Waals surface area contributed by atoms with E-state index in [-0.39, 0.29) is 11.7 Å². The monoisotopic (exact) mass is 364 g/mol. The predicted octanol–water partition coefficient (Wildman–Crippen LogP) is 4.86. The van der Waals surface area contributed by atoms with E-state index in [2.05, 4.69) is 4.98 Å². The highest BCUT2D eigenvalue weighted by Gasteiger charge is 2.19. The standard InChI is InChI=1S/C22H21FN2O2/c1-2-15-27-20-12-8-18(9-13-20)22(26)25(21-5-3-4-14-24-21)16-17-6-10-19(23)11-7-17/h3-14H,2,15-16H2,1H3. The number of amides is 1. The maximum atomic E-state index is 13.2. The first kappa shape index (κ1) is 18.6. The molecule has 1 amide bonds. The van der Waals surface area contributed by atoms with Crippen molar-refractivity contribution in [2.75, 3.05) is 11.5 Å². The topological polar surface area (TPSA) is 42.4 Å². The molecule has 0 atom stereocenters. The summed E-state index contributed by atoms with van der Waals surface area (Å²) in [6.45, 7) is 2.97. The van der Waals surface area contributed by atoms with Gasteiger partial charge in [-0.1, -0.05) is 25.1 Å². The number of pyridine rings is 1. The zero-order chi connectivity index (χ0) is 19.1. The van der Waals surface area contributed by atoms with Gasteiger partial charge < -0.3 is 4.74 Å². The molecule has 0 aliphatic carbocycles. The molecule has 5 heteroatoms. The molecule has 0 bridgehead atoms. The lowest BCUT2D eigenvalue weighted by atomic mass is 10.1. The Hall–Kier alpha value is -3.21. The van der Waals surface area contributed by atoms with Gasteiger partial charge in [0.25, 0.3) is 5.91 Å². The Labute approximate surface area is 158 Å². The highest BCUT2D eigenvalue weighted by atomic mass is 19.1. The first-order valence-electron chi connectivity index (χ1n) is 8.87. The number of aromatic nitrogens is 1. The molecule has 4 nitrogen and oxygen atoms in total. The van der Waals surface area contributed by atoms with Crippen molar-refractivity contribution in [3.05, 3.63) is 89.9 Å². The molecule has 0 N–H and O–H groups in total. The van der Waals surface area contributed by atoms with Crippen LogP contribution >= 0.6 is 0 Å². The molecule has 1 aromatic heterocycles. The summed E-state index contributed by atoms with van der Waals surface area (Å²) < 4.78 is 18.8. The molecule has 0 saturated heterocycles. The summed E-state index contributed by atoms with van der Waals surface area (Å²) in [6, 6.07) is 18.6. The van der Waals surface area contributed by atoms with Crippen molar-refractivity contribution in [1.29, 1.82) is 0 Å². The summed E-state index contributed by atoms with van der Waals surface area (Å²) in [7, 11) is 0. The second kappa shape index (κ2) is 8.94. The van der Waals surface area contributed by atoms with Crippen LogP contribution in [-0.4, -0.2) is 17.5 Å². The number of nitrogens with zero attached hydrogens (tertiary/aromatic N) is 2. The van der Waals surface area contributed by atoms with Crippen LogP contribution in [0.25, 0.3) is 0 Å². The second-order valence-electron chi connectivity index (χ2n) is 6.08. The van der Waals surface area contributed by atoms with Crippen molar-refractivity contribution in [2.45, 2.75) is 19.9 Å². The van der Waals surface area contributed by atoms with Gasteiger partial charge in [0, 0.05) is 11.8 Å². The predicted molar refractivity (Wildman–Crippen MR) is 103 cm³/mol. The molecule has 0 radical (unpaired) electrons. The summed E-state index contributed by atoms with van der Waals surface area (Å²) in [5.74, 6) is 0.784. The summed E-state index contributed by atoms with van der Waals surface area (Å²) in [6.07, 6.45) is 2.56. The van der Waals surface area contributed by atoms with E-state index >= 15 is 0 Å². The number of carbonyl (C=O) groups excluding carboxylic acids is 1. The Morgan fingerprint density at radius 2 is 1.78 bits per heavy atom. The van der Waals surface area contributed by atoms with E-state index in [0.717, 1.165) is 17.7 Å². The minimum absolute atomic E-state index is 0.180. The van der Waals surface area contributed by atoms with Gasteiger partial charge in [0.2, 0.25) is 0 Å². The molecule has 138 valence electrons. The molecular formula is C22H21FN2O2. The Morgan fingerprint density at radius 1 is 1.04 bits per heavy atom. The number of rotatable bonds is 7. The fourth-order valence-corrected chi connectivity index (χ4v) is 2.61. The quantitative estimate of drug-likeness (QED) is 0.601. The molecule has 0 saturated carbocycles. The number of hydrogen-bond donors (Lipinski definition) is 0. The maximum absolute atomic E-state index is 13.2. The zero-order valence-corrected chi connectivity index (χ0v) is 15.1. The van der Waals surface area contributed by atoms with Crippen LogP contribution in [0, 0.1) is 5.82 Å². The van der Waals surface area contributed by atoms with Crippen LogP contribution in [0.3, 0.4) is 0 Å². The fourth-order valence-electron chi connectivity index (χ4n) is 2.61. The number of anilines is 1. The van der Waals surface area contributed by atoms with Crippen molar-refractivity contribution < 1.29 is 13.9 Å². The fraction of sp³-hybridized carbons (Fsp3) is 0.182. The molecule has 2 aromatic carbocycles. The maximum Gasteiger partial charge on any atom is 0.259 e. The molecular weight excluding hydrogens is 343 g/mol. The van der Waals surface area contributed by atoms with Crippen LogP contribution < -0.4 is 9.64 Å². The summed E-state index contributed by atoms with van der Waals surface area (Å²) in [5.41, 5.74) is 1.35. The van der Waals surface area contributed by atoms with E-state index in [9.17, 15) is 9.18 Å². The van der Waals surface area contributed by atoms with E-state index < -0.39 is 0 Å². The van der Waals surface area contributed by atoms with Gasteiger partial charge in [0.1, 0.15) is 17.4 Å². The van der Waals surface area contributed by atoms with Crippen molar-refractivity contribution in [1.82, 2.24) is 4.98 Å². The molecule has 3 rings (SSSR count). The molecule has 1 heterocycles. The highest BCUT2D eigenvalue weighted by Crippen LogP contribution is 2.20. The van der Waals surface area contributed by atoms with Crippen molar-refractivity contribution in [2.24, 2.45) is 0 Å². The number of ether oxygens (including phenoxy) is 1. The Kier molecular flexibility index (Phi) is 6.15. The molecule has 0 fully saturated rings. The minimum atomic E-state index is -0.308. The number of benzene rings is 2. The molecule has 27 heavy (non-hydrogen) atoms. The normalized spacial score (nSPS) is 10.4. The van der Waals surface area contributed by atoms with E-state index in [0.29, 0.717) is 24.5 Å². The number of halogens is 1. The number of hydrogen-bond acceptors (Lipinski definition) is 3. The van der Waals surface area contributed by atoms with Crippen molar-refractivity contribution >= 4 is 11.7 Å². The van der Waals surface area contributed by atoms with Crippen LogP contribution in [0.1, 0.15) is 29.3 Å². The van der Waals surface area contributed by atoms with E-state index in [1.165, 1.54) is 12.1 Å². The third-order valence-corrected chi connectivity index (χ3v) is 4.00. The SMILES string of the molecule is CCCOc1ccc(C(=O)N(Cc2ccc(F)cc2)c2ccccn2)cc1. The summed E-state index contributed by atoms with van der Waals surface area (Å²) in [4.78, 5) is 19.0. The van der Waals surface area contributed by atoms with Crippen molar-refractivity contribution in [3.8, 4) is 5.75 Å². The van der Waals surface area contributed by atoms with Crippen molar-refractivity contribution in [3.63, 3.8) is 0 Å². The van der Waals surface area contributed by atoms with Gasteiger partial charge in [0.15, 0.2) is 0 Å². The molecule has 3 aromatic rings. The van der Waals surface area contributed by atoms with Gasteiger partial charge >= 0.3 is 0 Å². The third kappa shape index (κ3) is 4.91. The van der Waals surface area contributed by atoms with Crippen LogP contribution in [-0.2, 0) is 6.54 Å². The lowest BCUT2D eigenvalue weighted by molar-refractivity contribution is 0.0984. The van der Waals surface area contributed by atoms with Gasteiger partial charge in [-0.2, -0.15) is 0 Å². The van der Waals surface area contributed by atoms with Gasteiger partial charge in [-0.3, -0.25) is 9.69 Å². The first-order valence-corrected chi connectivity index (χ1v) is 8.87. The van der Waals surface area contributed by atoms with E-state index in [1.807, 2.05) is 13.0 Å². The van der Waals surface area contributed by atoms with Crippen LogP contribution in [0.2, 0.25) is 0 Å². The number of carbonyl (C=O) groups is 1. The smallest absolute Gasteiger partial charge is 0.259 e. The van der Waals surface area contributed by atoms with Gasteiger partial charge in [-0.25, -0.2) is 9.37 Å². The summed E-state index contributed by atoms with van der Waals surface area (Å²) in [5, 5.41) is 0. The summed E-state index contributed by atoms with van der Waals surface area (Å²) >= 11 is 0. The molecule has 0 aliphatic heterocycles. The molecule has 0 unspecified atom stereocenters. The average Bonchev–Trinajstić information content (AvgIpc) is 2.72. The largest absolute Gasteiger partial charge is 0.494 e. The van der Waals surface area contributed by atoms with E-state index in [4.69, 9.17) is 4.74 Å². The third-order valence-electron chi connectivity index (χ3n) is 4.00. The highest BCUT2D eigenvalue weighted by molar-refractivity contribution is 6.05. The molecule has 0 spiro atoms. The van der Waals surface area contributed by atoms with Crippen LogP contribution in [0.4, 0.5) is 10.2 Å². The Bertz CT molecular complexity index is 865. The molecule has 0 aliphatic rings. The van der Waals surface area contributed by atoms with Gasteiger partial charge in [0.05, 0.1) is 13.2 Å². The van der Waals surface area contributed by atoms with Gasteiger partial charge in [-0.05, 0) is 60.5 Å². The second-order valence-corrected chi connectivity index (χ2v) is 6.08. The van der Waals surface area contributed by atoms with Gasteiger partial charge in [-0.15, -0.1) is 0 Å². The lowest BCUT2D eigenvalue weighted by Gasteiger charge is -2.22. The van der Waals surface area contributed by atoms with E-state index in [1.54, 1.807) is 59.6 Å². The Morgan fingerprint density at radius 3 is 2.41 bits per heavy atom. The Balaban J connectivity index is 1.85. The zero-order valence-electron chi connectivity index (χ0n) is 15.1. The van der Waals surface area contributed by atoms with Crippen LogP contribution in [0.5, 0.6) is 5.75 Å². The minimum Gasteiger partial charge on any atom is -0.494 e. The lowest BCUT2D eigenvalue weighted by Crippen LogP contribution is -2.31. The average molecular weight is 364 g/mol. The van der Waals surface area contributed by atoms with Crippen LogP contribution in [0.15, 0.2) is 72.9 Å². The first-order chi connectivity index (χ1) is 13.2.